The Bertz CT molecular complexity index is 596. The summed E-state index contributed by atoms with van der Waals surface area (Å²) in [6, 6.07) is 7.11. The van der Waals surface area contributed by atoms with Crippen LogP contribution in [0.3, 0.4) is 0 Å². The van der Waals surface area contributed by atoms with Crippen molar-refractivity contribution in [3.8, 4) is 0 Å². The molecule has 0 radical (unpaired) electrons. The Morgan fingerprint density at radius 3 is 2.32 bits per heavy atom. The van der Waals surface area contributed by atoms with Crippen LogP contribution < -0.4 is 10.6 Å². The highest BCUT2D eigenvalue weighted by molar-refractivity contribution is 14.0. The van der Waals surface area contributed by atoms with Gasteiger partial charge in [-0.25, -0.2) is 0 Å². The number of hydrogen-bond donors (Lipinski definition) is 2. The topological polar surface area (TPSA) is 72.0 Å². The van der Waals surface area contributed by atoms with Crippen LogP contribution in [0, 0.1) is 0 Å². The van der Waals surface area contributed by atoms with E-state index in [4.69, 9.17) is 0 Å². The van der Waals surface area contributed by atoms with Crippen molar-refractivity contribution < 1.29 is 27.4 Å². The zero-order valence-corrected chi connectivity index (χ0v) is 18.3. The molecule has 160 valence electrons. The zero-order chi connectivity index (χ0) is 20.1. The molecule has 0 spiro atoms. The molecule has 0 saturated carbocycles. The van der Waals surface area contributed by atoms with Crippen LogP contribution in [0.2, 0.25) is 0 Å². The summed E-state index contributed by atoms with van der Waals surface area (Å²) in [4.78, 5) is 15.1. The minimum atomic E-state index is -4.31. The highest BCUT2D eigenvalue weighted by atomic mass is 127. The zero-order valence-electron chi connectivity index (χ0n) is 16.0. The van der Waals surface area contributed by atoms with Crippen molar-refractivity contribution in [1.82, 2.24) is 10.6 Å². The summed E-state index contributed by atoms with van der Waals surface area (Å²) in [5, 5.41) is 6.29. The van der Waals surface area contributed by atoms with Crippen molar-refractivity contribution in [1.29, 1.82) is 0 Å². The summed E-state index contributed by atoms with van der Waals surface area (Å²) in [7, 11) is 3.03. The van der Waals surface area contributed by atoms with E-state index in [2.05, 4.69) is 25.1 Å². The van der Waals surface area contributed by atoms with Crippen molar-refractivity contribution in [2.45, 2.75) is 38.6 Å². The molecular weight excluding hydrogens is 490 g/mol. The average molecular weight is 517 g/mol. The van der Waals surface area contributed by atoms with Gasteiger partial charge < -0.3 is 20.1 Å². The number of esters is 1. The summed E-state index contributed by atoms with van der Waals surface area (Å²) >= 11 is 0. The molecule has 0 fully saturated rings. The van der Waals surface area contributed by atoms with Crippen molar-refractivity contribution in [3.05, 3.63) is 35.4 Å². The largest absolute Gasteiger partial charge is 0.469 e. The number of alkyl halides is 3. The number of unbranched alkanes of at least 4 members (excludes halogenated alkanes) is 1. The van der Waals surface area contributed by atoms with Gasteiger partial charge in [-0.05, 0) is 24.0 Å². The number of nitrogens with zero attached hydrogens (tertiary/aromatic N) is 1. The number of methoxy groups -OCH3 is 1. The molecule has 0 atom stereocenters. The first-order valence-corrected chi connectivity index (χ1v) is 8.57. The van der Waals surface area contributed by atoms with E-state index >= 15 is 0 Å². The molecule has 10 heteroatoms. The number of carbonyl (C=O) groups excluding carboxylic acids is 1. The van der Waals surface area contributed by atoms with Gasteiger partial charge in [-0.1, -0.05) is 24.3 Å². The molecule has 0 aromatic heterocycles. The molecule has 1 aromatic rings. The average Bonchev–Trinajstić information content (AvgIpc) is 2.63. The number of hydrogen-bond acceptors (Lipinski definition) is 4. The third kappa shape index (κ3) is 12.8. The Hall–Kier alpha value is -1.56. The molecule has 2 N–H and O–H groups in total. The van der Waals surface area contributed by atoms with Crippen LogP contribution in [0.15, 0.2) is 29.3 Å². The molecule has 0 saturated heterocycles. The van der Waals surface area contributed by atoms with Gasteiger partial charge in [0.05, 0.1) is 13.7 Å². The quantitative estimate of drug-likeness (QED) is 0.164. The smallest absolute Gasteiger partial charge is 0.411 e. The van der Waals surface area contributed by atoms with Crippen LogP contribution in [0.1, 0.15) is 30.4 Å². The fourth-order valence-electron chi connectivity index (χ4n) is 2.15. The molecule has 0 bridgehead atoms. The highest BCUT2D eigenvalue weighted by Gasteiger charge is 2.27. The first kappa shape index (κ1) is 26.4. The van der Waals surface area contributed by atoms with Gasteiger partial charge in [-0.15, -0.1) is 24.0 Å². The molecule has 0 aliphatic rings. The predicted molar refractivity (Wildman–Crippen MR) is 112 cm³/mol. The standard InChI is InChI=1S/C18H26F3N3O3.HI/c1-22-17(23-10-4-3-5-16(25)26-2)24-11-14-6-8-15(9-7-14)12-27-13-18(19,20)21;/h6-9H,3-5,10-13H2,1-2H3,(H2,22,23,24);1H. The van der Waals surface area contributed by atoms with Gasteiger partial charge in [0.2, 0.25) is 0 Å². The summed E-state index contributed by atoms with van der Waals surface area (Å²) in [6.07, 6.45) is -2.38. The van der Waals surface area contributed by atoms with E-state index in [0.29, 0.717) is 31.0 Å². The number of benzene rings is 1. The molecular formula is C18H27F3IN3O3. The van der Waals surface area contributed by atoms with Gasteiger partial charge in [-0.3, -0.25) is 9.79 Å². The number of aliphatic imine (C=N–C) groups is 1. The van der Waals surface area contributed by atoms with Crippen molar-refractivity contribution in [2.24, 2.45) is 4.99 Å². The van der Waals surface area contributed by atoms with E-state index in [9.17, 15) is 18.0 Å². The fraction of sp³-hybridized carbons (Fsp3) is 0.556. The molecule has 0 aliphatic carbocycles. The van der Waals surface area contributed by atoms with Crippen molar-refractivity contribution >= 4 is 35.9 Å². The first-order valence-electron chi connectivity index (χ1n) is 8.57. The fourth-order valence-corrected chi connectivity index (χ4v) is 2.15. The van der Waals surface area contributed by atoms with Gasteiger partial charge in [0.25, 0.3) is 0 Å². The second-order valence-corrected chi connectivity index (χ2v) is 5.81. The van der Waals surface area contributed by atoms with E-state index in [-0.39, 0.29) is 36.6 Å². The van der Waals surface area contributed by atoms with Gasteiger partial charge >= 0.3 is 12.1 Å². The SMILES string of the molecule is CN=C(NCCCCC(=O)OC)NCc1ccc(COCC(F)(F)F)cc1.I. The number of nitrogens with one attached hydrogen (secondary N) is 2. The first-order chi connectivity index (χ1) is 12.8. The molecule has 1 aromatic carbocycles. The second-order valence-electron chi connectivity index (χ2n) is 5.81. The summed E-state index contributed by atoms with van der Waals surface area (Å²) in [6.45, 7) is -0.141. The Morgan fingerprint density at radius 2 is 1.75 bits per heavy atom. The lowest BCUT2D eigenvalue weighted by Gasteiger charge is -2.12. The Labute approximate surface area is 180 Å². The Balaban J connectivity index is 0.00000729. The minimum absolute atomic E-state index is 0. The summed E-state index contributed by atoms with van der Waals surface area (Å²) in [5.41, 5.74) is 1.64. The van der Waals surface area contributed by atoms with Crippen LogP contribution in [0.25, 0.3) is 0 Å². The minimum Gasteiger partial charge on any atom is -0.469 e. The highest BCUT2D eigenvalue weighted by Crippen LogP contribution is 2.15. The van der Waals surface area contributed by atoms with Crippen molar-refractivity contribution in [2.75, 3.05) is 27.3 Å². The molecule has 1 rings (SSSR count). The third-order valence-electron chi connectivity index (χ3n) is 3.57. The number of rotatable bonds is 10. The van der Waals surface area contributed by atoms with E-state index in [1.807, 2.05) is 12.1 Å². The molecule has 0 amide bonds. The van der Waals surface area contributed by atoms with Crippen LogP contribution in [0.5, 0.6) is 0 Å². The number of halogens is 4. The van der Waals surface area contributed by atoms with Gasteiger partial charge in [-0.2, -0.15) is 13.2 Å². The van der Waals surface area contributed by atoms with Crippen LogP contribution in [-0.2, 0) is 27.4 Å². The predicted octanol–water partition coefficient (Wildman–Crippen LogP) is 3.39. The molecule has 0 heterocycles. The monoisotopic (exact) mass is 517 g/mol. The van der Waals surface area contributed by atoms with Gasteiger partial charge in [0.1, 0.15) is 6.61 Å². The number of ether oxygens (including phenoxy) is 2. The number of carbonyl (C=O) groups is 1. The molecule has 6 nitrogen and oxygen atoms in total. The normalized spacial score (nSPS) is 11.5. The molecule has 28 heavy (non-hydrogen) atoms. The Morgan fingerprint density at radius 1 is 1.11 bits per heavy atom. The van der Waals surface area contributed by atoms with Crippen LogP contribution in [-0.4, -0.2) is 45.4 Å². The Kier molecular flexibility index (Phi) is 13.6. The third-order valence-corrected chi connectivity index (χ3v) is 3.57. The summed E-state index contributed by atoms with van der Waals surface area (Å²) < 4.78 is 45.3. The second kappa shape index (κ2) is 14.4. The molecule has 0 aliphatic heterocycles. The lowest BCUT2D eigenvalue weighted by molar-refractivity contribution is -0.176. The van der Waals surface area contributed by atoms with E-state index in [1.54, 1.807) is 19.2 Å². The number of guanidine groups is 1. The lowest BCUT2D eigenvalue weighted by atomic mass is 10.1. The van der Waals surface area contributed by atoms with Crippen molar-refractivity contribution in [3.63, 3.8) is 0 Å². The van der Waals surface area contributed by atoms with E-state index in [0.717, 1.165) is 18.4 Å². The molecule has 0 unspecified atom stereocenters. The maximum Gasteiger partial charge on any atom is 0.411 e. The van der Waals surface area contributed by atoms with E-state index < -0.39 is 12.8 Å². The van der Waals surface area contributed by atoms with E-state index in [1.165, 1.54) is 7.11 Å². The maximum atomic E-state index is 12.0. The summed E-state index contributed by atoms with van der Waals surface area (Å²) in [5.74, 6) is 0.412. The maximum absolute atomic E-state index is 12.0. The van der Waals surface area contributed by atoms with Crippen LogP contribution in [0.4, 0.5) is 13.2 Å². The lowest BCUT2D eigenvalue weighted by Crippen LogP contribution is -2.37. The van der Waals surface area contributed by atoms with Gasteiger partial charge in [0.15, 0.2) is 5.96 Å². The van der Waals surface area contributed by atoms with Gasteiger partial charge in [0, 0.05) is 26.6 Å². The van der Waals surface area contributed by atoms with Crippen LogP contribution >= 0.6 is 24.0 Å².